The van der Waals surface area contributed by atoms with E-state index in [9.17, 15) is 18.3 Å². The molecule has 2 aromatic carbocycles. The standard InChI is InChI=1S/C21H25NO7S/c1-5-29-21(24)20(23)14(2)19(15-6-8-16(27-3)9-7-15)22-30(25,26)18-12-10-17(28-4)11-13-18/h6-14,20,23H,5H2,1-4H3/b22-19-/t14-,20-/m0/s1. The predicted octanol–water partition coefficient (Wildman–Crippen LogP) is 2.44. The molecule has 8 nitrogen and oxygen atoms in total. The molecule has 0 radical (unpaired) electrons. The number of carbonyl (C=O) groups is 1. The summed E-state index contributed by atoms with van der Waals surface area (Å²) in [6.45, 7) is 3.21. The van der Waals surface area contributed by atoms with E-state index >= 15 is 0 Å². The Morgan fingerprint density at radius 3 is 1.97 bits per heavy atom. The third-order valence-electron chi connectivity index (χ3n) is 4.39. The van der Waals surface area contributed by atoms with Crippen molar-refractivity contribution in [2.75, 3.05) is 20.8 Å². The Bertz CT molecular complexity index is 983. The van der Waals surface area contributed by atoms with Crippen LogP contribution in [-0.2, 0) is 19.6 Å². The van der Waals surface area contributed by atoms with E-state index in [2.05, 4.69) is 4.40 Å². The van der Waals surface area contributed by atoms with Gasteiger partial charge in [0.15, 0.2) is 6.10 Å². The summed E-state index contributed by atoms with van der Waals surface area (Å²) in [5.74, 6) is -0.743. The van der Waals surface area contributed by atoms with Crippen LogP contribution in [-0.4, -0.2) is 52.1 Å². The summed E-state index contributed by atoms with van der Waals surface area (Å²) >= 11 is 0. The van der Waals surface area contributed by atoms with Crippen LogP contribution < -0.4 is 9.47 Å². The van der Waals surface area contributed by atoms with Gasteiger partial charge in [-0.15, -0.1) is 0 Å². The molecule has 0 spiro atoms. The monoisotopic (exact) mass is 435 g/mol. The maximum Gasteiger partial charge on any atom is 0.335 e. The number of hydrogen-bond acceptors (Lipinski definition) is 7. The summed E-state index contributed by atoms with van der Waals surface area (Å²) in [4.78, 5) is 12.0. The summed E-state index contributed by atoms with van der Waals surface area (Å²) in [6.07, 6.45) is -1.59. The Labute approximate surface area is 176 Å². The minimum absolute atomic E-state index is 0.0222. The van der Waals surface area contributed by atoms with Crippen molar-refractivity contribution in [1.82, 2.24) is 0 Å². The van der Waals surface area contributed by atoms with Gasteiger partial charge in [-0.05, 0) is 61.0 Å². The first-order valence-corrected chi connectivity index (χ1v) is 10.7. The van der Waals surface area contributed by atoms with Crippen molar-refractivity contribution >= 4 is 21.7 Å². The summed E-state index contributed by atoms with van der Waals surface area (Å²) in [5.41, 5.74) is 0.442. The van der Waals surface area contributed by atoms with Crippen molar-refractivity contribution in [1.29, 1.82) is 0 Å². The summed E-state index contributed by atoms with van der Waals surface area (Å²) < 4.78 is 44.8. The fourth-order valence-electron chi connectivity index (χ4n) is 2.67. The molecule has 0 aliphatic rings. The van der Waals surface area contributed by atoms with Crippen LogP contribution >= 0.6 is 0 Å². The number of benzene rings is 2. The van der Waals surface area contributed by atoms with Crippen LogP contribution in [0.3, 0.4) is 0 Å². The van der Waals surface area contributed by atoms with Gasteiger partial charge in [-0.3, -0.25) is 0 Å². The first-order valence-electron chi connectivity index (χ1n) is 9.21. The molecule has 0 unspecified atom stereocenters. The molecule has 2 atom stereocenters. The molecule has 0 heterocycles. The maximum absolute atomic E-state index is 12.9. The fourth-order valence-corrected chi connectivity index (χ4v) is 3.79. The second-order valence-electron chi connectivity index (χ2n) is 6.34. The highest BCUT2D eigenvalue weighted by Gasteiger charge is 2.30. The lowest BCUT2D eigenvalue weighted by Gasteiger charge is -2.20. The zero-order valence-electron chi connectivity index (χ0n) is 17.2. The first-order chi connectivity index (χ1) is 14.2. The van der Waals surface area contributed by atoms with Gasteiger partial charge in [-0.2, -0.15) is 12.8 Å². The number of sulfonamides is 1. The van der Waals surface area contributed by atoms with Gasteiger partial charge in [0, 0.05) is 5.92 Å². The van der Waals surface area contributed by atoms with Gasteiger partial charge < -0.3 is 19.3 Å². The van der Waals surface area contributed by atoms with Crippen LogP contribution in [0.15, 0.2) is 57.8 Å². The molecule has 30 heavy (non-hydrogen) atoms. The second-order valence-corrected chi connectivity index (χ2v) is 7.95. The van der Waals surface area contributed by atoms with Gasteiger partial charge >= 0.3 is 5.97 Å². The zero-order valence-corrected chi connectivity index (χ0v) is 18.0. The van der Waals surface area contributed by atoms with E-state index in [0.717, 1.165) is 0 Å². The molecule has 9 heteroatoms. The number of nitrogens with zero attached hydrogens (tertiary/aromatic N) is 1. The third kappa shape index (κ3) is 5.58. The van der Waals surface area contributed by atoms with Crippen molar-refractivity contribution < 1.29 is 32.5 Å². The molecule has 0 saturated carbocycles. The second kappa shape index (κ2) is 10.2. The molecular formula is C21H25NO7S. The Morgan fingerprint density at radius 2 is 1.50 bits per heavy atom. The van der Waals surface area contributed by atoms with E-state index in [1.54, 1.807) is 31.2 Å². The van der Waals surface area contributed by atoms with Crippen molar-refractivity contribution in [2.24, 2.45) is 10.3 Å². The van der Waals surface area contributed by atoms with E-state index in [1.165, 1.54) is 45.4 Å². The molecular weight excluding hydrogens is 410 g/mol. The normalized spacial score (nSPS) is 14.0. The number of aliphatic hydroxyl groups excluding tert-OH is 1. The van der Waals surface area contributed by atoms with Crippen LogP contribution in [0.25, 0.3) is 0 Å². The molecule has 0 aromatic heterocycles. The lowest BCUT2D eigenvalue weighted by molar-refractivity contribution is -0.154. The smallest absolute Gasteiger partial charge is 0.335 e. The number of hydrogen-bond donors (Lipinski definition) is 1. The largest absolute Gasteiger partial charge is 0.497 e. The van der Waals surface area contributed by atoms with Crippen LogP contribution in [0.2, 0.25) is 0 Å². The predicted molar refractivity (Wildman–Crippen MR) is 112 cm³/mol. The van der Waals surface area contributed by atoms with Crippen LogP contribution in [0, 0.1) is 5.92 Å². The molecule has 0 saturated heterocycles. The number of aliphatic hydroxyl groups is 1. The lowest BCUT2D eigenvalue weighted by Crippen LogP contribution is -2.35. The van der Waals surface area contributed by atoms with E-state index in [1.807, 2.05) is 0 Å². The molecule has 162 valence electrons. The first kappa shape index (κ1) is 23.4. The number of methoxy groups -OCH3 is 2. The van der Waals surface area contributed by atoms with Gasteiger partial charge in [0.1, 0.15) is 11.5 Å². The van der Waals surface area contributed by atoms with Gasteiger partial charge in [0.2, 0.25) is 0 Å². The van der Waals surface area contributed by atoms with Crippen molar-refractivity contribution in [3.63, 3.8) is 0 Å². The quantitative estimate of drug-likeness (QED) is 0.476. The summed E-state index contributed by atoms with van der Waals surface area (Å²) in [6, 6.07) is 12.2. The molecule has 0 fully saturated rings. The maximum atomic E-state index is 12.9. The number of carbonyl (C=O) groups excluding carboxylic acids is 1. The van der Waals surface area contributed by atoms with Crippen molar-refractivity contribution in [2.45, 2.75) is 24.8 Å². The Kier molecular flexibility index (Phi) is 7.96. The molecule has 2 rings (SSSR count). The van der Waals surface area contributed by atoms with Crippen LogP contribution in [0.4, 0.5) is 0 Å². The van der Waals surface area contributed by atoms with Gasteiger partial charge in [-0.25, -0.2) is 4.79 Å². The van der Waals surface area contributed by atoms with Crippen LogP contribution in [0.5, 0.6) is 11.5 Å². The summed E-state index contributed by atoms with van der Waals surface area (Å²) in [5, 5.41) is 10.4. The Hall–Kier alpha value is -2.91. The SMILES string of the molecule is CCOC(=O)[C@@H](O)[C@@H](C)/C(=N/S(=O)(=O)c1ccc(OC)cc1)c1ccc(OC)cc1. The highest BCUT2D eigenvalue weighted by Crippen LogP contribution is 2.23. The summed E-state index contributed by atoms with van der Waals surface area (Å²) in [7, 11) is -1.15. The van der Waals surface area contributed by atoms with Gasteiger partial charge in [0.25, 0.3) is 10.0 Å². The van der Waals surface area contributed by atoms with Crippen molar-refractivity contribution in [3.05, 3.63) is 54.1 Å². The third-order valence-corrected chi connectivity index (χ3v) is 5.70. The minimum atomic E-state index is -4.13. The fraction of sp³-hybridized carbons (Fsp3) is 0.333. The molecule has 0 aliphatic heterocycles. The van der Waals surface area contributed by atoms with E-state index in [-0.39, 0.29) is 17.2 Å². The number of esters is 1. The highest BCUT2D eigenvalue weighted by atomic mass is 32.2. The topological polar surface area (TPSA) is 111 Å². The molecule has 1 N–H and O–H groups in total. The average molecular weight is 435 g/mol. The number of ether oxygens (including phenoxy) is 3. The molecule has 0 aliphatic carbocycles. The molecule has 2 aromatic rings. The lowest BCUT2D eigenvalue weighted by atomic mass is 9.93. The molecule has 0 bridgehead atoms. The Morgan fingerprint density at radius 1 is 1.00 bits per heavy atom. The number of rotatable bonds is 9. The Balaban J connectivity index is 2.53. The van der Waals surface area contributed by atoms with Gasteiger partial charge in [-0.1, -0.05) is 6.92 Å². The van der Waals surface area contributed by atoms with Gasteiger partial charge in [0.05, 0.1) is 31.4 Å². The van der Waals surface area contributed by atoms with Crippen LogP contribution in [0.1, 0.15) is 19.4 Å². The molecule has 0 amide bonds. The average Bonchev–Trinajstić information content (AvgIpc) is 2.76. The van der Waals surface area contributed by atoms with E-state index in [4.69, 9.17) is 14.2 Å². The minimum Gasteiger partial charge on any atom is -0.497 e. The van der Waals surface area contributed by atoms with Crippen molar-refractivity contribution in [3.8, 4) is 11.5 Å². The van der Waals surface area contributed by atoms with E-state index in [0.29, 0.717) is 17.1 Å². The van der Waals surface area contributed by atoms with E-state index < -0.39 is 28.0 Å². The zero-order chi connectivity index (χ0) is 22.3. The highest BCUT2D eigenvalue weighted by molar-refractivity contribution is 7.90.